The van der Waals surface area contributed by atoms with Gasteiger partial charge in [0.2, 0.25) is 5.95 Å². The van der Waals surface area contributed by atoms with Crippen molar-refractivity contribution < 1.29 is 9.53 Å². The second-order valence-corrected chi connectivity index (χ2v) is 6.53. The Balaban J connectivity index is 1.85. The van der Waals surface area contributed by atoms with Crippen molar-refractivity contribution >= 4 is 40.7 Å². The third-order valence-electron chi connectivity index (χ3n) is 3.91. The van der Waals surface area contributed by atoms with Crippen molar-refractivity contribution in [2.24, 2.45) is 0 Å². The summed E-state index contributed by atoms with van der Waals surface area (Å²) < 4.78 is 5.09. The Labute approximate surface area is 168 Å². The maximum atomic E-state index is 12.1. The number of hydrogen-bond donors (Lipinski definition) is 2. The van der Waals surface area contributed by atoms with E-state index in [0.29, 0.717) is 28.7 Å². The quantitative estimate of drug-likeness (QED) is 0.577. The van der Waals surface area contributed by atoms with Gasteiger partial charge in [-0.15, -0.1) is 5.10 Å². The SMILES string of the molecule is CCOC(=O)c1ccccc1Nc1cnnc(Nc2c(C)cc(C)cc2Cl)n1. The molecule has 0 bridgehead atoms. The van der Waals surface area contributed by atoms with Gasteiger partial charge in [-0.1, -0.05) is 29.8 Å². The van der Waals surface area contributed by atoms with Gasteiger partial charge < -0.3 is 15.4 Å². The smallest absolute Gasteiger partial charge is 0.340 e. The Bertz CT molecular complexity index is 986. The minimum Gasteiger partial charge on any atom is -0.462 e. The van der Waals surface area contributed by atoms with Crippen molar-refractivity contribution in [1.29, 1.82) is 0 Å². The van der Waals surface area contributed by atoms with Crippen LogP contribution >= 0.6 is 11.6 Å². The summed E-state index contributed by atoms with van der Waals surface area (Å²) in [7, 11) is 0. The molecular weight excluding hydrogens is 378 g/mol. The van der Waals surface area contributed by atoms with Crippen LogP contribution in [0.3, 0.4) is 0 Å². The molecule has 0 amide bonds. The van der Waals surface area contributed by atoms with Gasteiger partial charge in [0, 0.05) is 0 Å². The molecule has 0 aliphatic carbocycles. The number of halogens is 1. The summed E-state index contributed by atoms with van der Waals surface area (Å²) in [5.74, 6) is 0.302. The first-order valence-corrected chi connectivity index (χ1v) is 9.12. The van der Waals surface area contributed by atoms with Crippen LogP contribution in [0.5, 0.6) is 0 Å². The highest BCUT2D eigenvalue weighted by Gasteiger charge is 2.13. The fraction of sp³-hybridized carbons (Fsp3) is 0.200. The fourth-order valence-electron chi connectivity index (χ4n) is 2.72. The Morgan fingerprint density at radius 3 is 2.71 bits per heavy atom. The number of carbonyl (C=O) groups is 1. The number of ether oxygens (including phenoxy) is 1. The van der Waals surface area contributed by atoms with E-state index in [1.807, 2.05) is 32.0 Å². The third kappa shape index (κ3) is 4.55. The van der Waals surface area contributed by atoms with Crippen molar-refractivity contribution in [3.8, 4) is 0 Å². The van der Waals surface area contributed by atoms with Crippen LogP contribution in [0.15, 0.2) is 42.6 Å². The monoisotopic (exact) mass is 397 g/mol. The van der Waals surface area contributed by atoms with Crippen LogP contribution in [0.2, 0.25) is 5.02 Å². The molecule has 0 unspecified atom stereocenters. The minimum atomic E-state index is -0.409. The molecular formula is C20H20ClN5O2. The van der Waals surface area contributed by atoms with Crippen molar-refractivity contribution in [2.45, 2.75) is 20.8 Å². The average molecular weight is 398 g/mol. The maximum Gasteiger partial charge on any atom is 0.340 e. The van der Waals surface area contributed by atoms with Crippen LogP contribution < -0.4 is 10.6 Å². The maximum absolute atomic E-state index is 12.1. The molecule has 0 aliphatic heterocycles. The van der Waals surface area contributed by atoms with Gasteiger partial charge in [0.1, 0.15) is 0 Å². The summed E-state index contributed by atoms with van der Waals surface area (Å²) in [6.45, 7) is 5.99. The predicted molar refractivity (Wildman–Crippen MR) is 110 cm³/mol. The molecule has 0 saturated heterocycles. The number of esters is 1. The normalized spacial score (nSPS) is 10.4. The molecule has 0 fully saturated rings. The van der Waals surface area contributed by atoms with Crippen LogP contribution in [-0.2, 0) is 4.74 Å². The van der Waals surface area contributed by atoms with Crippen LogP contribution in [0, 0.1) is 13.8 Å². The van der Waals surface area contributed by atoms with Crippen LogP contribution in [0.25, 0.3) is 0 Å². The van der Waals surface area contributed by atoms with Gasteiger partial charge in [0.05, 0.1) is 34.8 Å². The Morgan fingerprint density at radius 1 is 1.18 bits per heavy atom. The van der Waals surface area contributed by atoms with E-state index in [0.717, 1.165) is 16.8 Å². The van der Waals surface area contributed by atoms with Crippen LogP contribution in [-0.4, -0.2) is 27.8 Å². The van der Waals surface area contributed by atoms with Crippen LogP contribution in [0.4, 0.5) is 23.1 Å². The van der Waals surface area contributed by atoms with E-state index in [9.17, 15) is 4.79 Å². The van der Waals surface area contributed by atoms with Gasteiger partial charge in [-0.05, 0) is 50.1 Å². The number of para-hydroxylation sites is 1. The number of rotatable bonds is 6. The molecule has 2 N–H and O–H groups in total. The van der Waals surface area contributed by atoms with Crippen molar-refractivity contribution in [3.63, 3.8) is 0 Å². The fourth-order valence-corrected chi connectivity index (χ4v) is 3.09. The predicted octanol–water partition coefficient (Wildman–Crippen LogP) is 4.81. The van der Waals surface area contributed by atoms with Gasteiger partial charge in [0.25, 0.3) is 0 Å². The number of aryl methyl sites for hydroxylation is 2. The third-order valence-corrected chi connectivity index (χ3v) is 4.21. The van der Waals surface area contributed by atoms with Gasteiger partial charge in [0.15, 0.2) is 5.82 Å². The van der Waals surface area contributed by atoms with Gasteiger partial charge in [-0.3, -0.25) is 0 Å². The Hall–Kier alpha value is -3.19. The van der Waals surface area contributed by atoms with Crippen LogP contribution in [0.1, 0.15) is 28.4 Å². The first-order valence-electron chi connectivity index (χ1n) is 8.74. The lowest BCUT2D eigenvalue weighted by Gasteiger charge is -2.13. The molecule has 144 valence electrons. The molecule has 3 rings (SSSR count). The number of nitrogens with zero attached hydrogens (tertiary/aromatic N) is 3. The molecule has 1 aromatic heterocycles. The van der Waals surface area contributed by atoms with Gasteiger partial charge in [-0.25, -0.2) is 4.79 Å². The largest absolute Gasteiger partial charge is 0.462 e. The van der Waals surface area contributed by atoms with Crippen molar-refractivity contribution in [1.82, 2.24) is 15.2 Å². The van der Waals surface area contributed by atoms with Gasteiger partial charge in [-0.2, -0.15) is 10.1 Å². The molecule has 7 nitrogen and oxygen atoms in total. The Morgan fingerprint density at radius 2 is 1.96 bits per heavy atom. The topological polar surface area (TPSA) is 89.0 Å². The van der Waals surface area contributed by atoms with E-state index in [2.05, 4.69) is 25.8 Å². The summed E-state index contributed by atoms with van der Waals surface area (Å²) in [5.41, 5.74) is 3.74. The summed E-state index contributed by atoms with van der Waals surface area (Å²) >= 11 is 6.33. The number of hydrogen-bond acceptors (Lipinski definition) is 7. The zero-order valence-corrected chi connectivity index (χ0v) is 16.5. The zero-order chi connectivity index (χ0) is 20.1. The number of carbonyl (C=O) groups excluding carboxylic acids is 1. The number of anilines is 4. The first-order chi connectivity index (χ1) is 13.5. The molecule has 8 heteroatoms. The standard InChI is InChI=1S/C20H20ClN5O2/c1-4-28-19(27)14-7-5-6-8-16(14)23-17-11-22-26-20(24-17)25-18-13(3)9-12(2)10-15(18)21/h5-11H,4H2,1-3H3,(H2,23,24,25,26). The molecule has 0 atom stereocenters. The van der Waals surface area contributed by atoms with E-state index < -0.39 is 5.97 Å². The highest BCUT2D eigenvalue weighted by molar-refractivity contribution is 6.33. The molecule has 0 saturated carbocycles. The molecule has 0 aliphatic rings. The van der Waals surface area contributed by atoms with Gasteiger partial charge >= 0.3 is 5.97 Å². The highest BCUT2D eigenvalue weighted by atomic mass is 35.5. The molecule has 0 radical (unpaired) electrons. The molecule has 1 heterocycles. The number of aromatic nitrogens is 3. The summed E-state index contributed by atoms with van der Waals surface area (Å²) in [5, 5.41) is 14.7. The van der Waals surface area contributed by atoms with Crippen molar-refractivity contribution in [3.05, 3.63) is 64.3 Å². The van der Waals surface area contributed by atoms with E-state index in [-0.39, 0.29) is 5.95 Å². The average Bonchev–Trinajstić information content (AvgIpc) is 2.65. The number of benzene rings is 2. The summed E-state index contributed by atoms with van der Waals surface area (Å²) in [4.78, 5) is 16.5. The lowest BCUT2D eigenvalue weighted by molar-refractivity contribution is 0.0527. The lowest BCUT2D eigenvalue weighted by atomic mass is 10.1. The summed E-state index contributed by atoms with van der Waals surface area (Å²) in [6.07, 6.45) is 1.47. The second-order valence-electron chi connectivity index (χ2n) is 6.12. The van der Waals surface area contributed by atoms with Crippen molar-refractivity contribution in [2.75, 3.05) is 17.2 Å². The molecule has 28 heavy (non-hydrogen) atoms. The molecule has 0 spiro atoms. The van der Waals surface area contributed by atoms with E-state index in [1.165, 1.54) is 6.20 Å². The minimum absolute atomic E-state index is 0.285. The second kappa shape index (κ2) is 8.67. The molecule has 2 aromatic carbocycles. The van der Waals surface area contributed by atoms with E-state index in [1.54, 1.807) is 25.1 Å². The first kappa shape index (κ1) is 19.6. The Kier molecular flexibility index (Phi) is 6.06. The van der Waals surface area contributed by atoms with E-state index >= 15 is 0 Å². The summed E-state index contributed by atoms with van der Waals surface area (Å²) in [6, 6.07) is 10.9. The zero-order valence-electron chi connectivity index (χ0n) is 15.8. The highest BCUT2D eigenvalue weighted by Crippen LogP contribution is 2.29. The van der Waals surface area contributed by atoms with E-state index in [4.69, 9.17) is 16.3 Å². The lowest BCUT2D eigenvalue weighted by Crippen LogP contribution is -2.09. The number of nitrogens with one attached hydrogen (secondary N) is 2. The molecule has 3 aromatic rings.